The zero-order chi connectivity index (χ0) is 22.3. The highest BCUT2D eigenvalue weighted by molar-refractivity contribution is 6.08. The summed E-state index contributed by atoms with van der Waals surface area (Å²) in [7, 11) is 0. The van der Waals surface area contributed by atoms with Crippen LogP contribution in [0.15, 0.2) is 36.5 Å². The van der Waals surface area contributed by atoms with Gasteiger partial charge in [-0.1, -0.05) is 38.1 Å². The Bertz CT molecular complexity index is 1150. The van der Waals surface area contributed by atoms with Crippen molar-refractivity contribution in [2.75, 3.05) is 13.1 Å². The molecule has 0 radical (unpaired) electrons. The number of rotatable bonds is 4. The van der Waals surface area contributed by atoms with Crippen LogP contribution in [0, 0.1) is 12.8 Å². The van der Waals surface area contributed by atoms with Gasteiger partial charge in [0, 0.05) is 24.7 Å². The smallest absolute Gasteiger partial charge is 0.255 e. The molecule has 1 aromatic carbocycles. The summed E-state index contributed by atoms with van der Waals surface area (Å²) in [5, 5.41) is 8.12. The topological polar surface area (TPSA) is 80.1 Å². The molecule has 162 valence electrons. The summed E-state index contributed by atoms with van der Waals surface area (Å²) in [5.41, 5.74) is 4.02. The van der Waals surface area contributed by atoms with Crippen molar-refractivity contribution in [1.82, 2.24) is 25.0 Å². The van der Waals surface area contributed by atoms with E-state index in [1.807, 2.05) is 69.6 Å². The van der Waals surface area contributed by atoms with Crippen LogP contribution in [-0.4, -0.2) is 50.6 Å². The third kappa shape index (κ3) is 3.69. The number of nitrogens with one attached hydrogen (secondary N) is 1. The Morgan fingerprint density at radius 1 is 1.19 bits per heavy atom. The van der Waals surface area contributed by atoms with E-state index >= 15 is 0 Å². The number of hydrogen-bond acceptors (Lipinski definition) is 4. The average Bonchev–Trinajstić information content (AvgIpc) is 3.16. The maximum Gasteiger partial charge on any atom is 0.255 e. The molecule has 1 aliphatic rings. The van der Waals surface area contributed by atoms with E-state index in [4.69, 9.17) is 4.98 Å². The first-order chi connectivity index (χ1) is 14.8. The van der Waals surface area contributed by atoms with Gasteiger partial charge in [0.25, 0.3) is 5.91 Å². The Morgan fingerprint density at radius 2 is 1.94 bits per heavy atom. The van der Waals surface area contributed by atoms with E-state index in [2.05, 4.69) is 10.4 Å². The summed E-state index contributed by atoms with van der Waals surface area (Å²) in [4.78, 5) is 32.9. The third-order valence-electron chi connectivity index (χ3n) is 5.86. The van der Waals surface area contributed by atoms with E-state index < -0.39 is 6.04 Å². The molecule has 31 heavy (non-hydrogen) atoms. The highest BCUT2D eigenvalue weighted by Crippen LogP contribution is 2.30. The summed E-state index contributed by atoms with van der Waals surface area (Å²) in [6.07, 6.45) is 1.71. The fraction of sp³-hybridized carbons (Fsp3) is 0.417. The van der Waals surface area contributed by atoms with Crippen LogP contribution in [0.3, 0.4) is 0 Å². The monoisotopic (exact) mass is 419 g/mol. The molecule has 7 heteroatoms. The lowest BCUT2D eigenvalue weighted by Gasteiger charge is -2.37. The van der Waals surface area contributed by atoms with Gasteiger partial charge in [-0.05, 0) is 38.3 Å². The number of fused-ring (bicyclic) bond motifs is 1. The SMILES string of the molecule is Cc1ccccc1-c1cc(C(=O)N2CCNC(=O)C2C(C)C)c2cnn(C(C)C)c2n1. The van der Waals surface area contributed by atoms with Crippen LogP contribution < -0.4 is 5.32 Å². The summed E-state index contributed by atoms with van der Waals surface area (Å²) in [6, 6.07) is 9.46. The number of nitrogens with zero attached hydrogens (tertiary/aromatic N) is 4. The predicted octanol–water partition coefficient (Wildman–Crippen LogP) is 3.58. The number of hydrogen-bond donors (Lipinski definition) is 1. The van der Waals surface area contributed by atoms with Gasteiger partial charge >= 0.3 is 0 Å². The minimum Gasteiger partial charge on any atom is -0.353 e. The summed E-state index contributed by atoms with van der Waals surface area (Å²) in [6.45, 7) is 11.0. The molecular formula is C24H29N5O2. The van der Waals surface area contributed by atoms with Crippen molar-refractivity contribution in [2.24, 2.45) is 5.92 Å². The number of piperazine rings is 1. The second-order valence-corrected chi connectivity index (χ2v) is 8.77. The maximum atomic E-state index is 13.8. The summed E-state index contributed by atoms with van der Waals surface area (Å²) >= 11 is 0. The molecule has 0 bridgehead atoms. The van der Waals surface area contributed by atoms with Crippen molar-refractivity contribution in [3.63, 3.8) is 0 Å². The van der Waals surface area contributed by atoms with Gasteiger partial charge in [-0.2, -0.15) is 5.10 Å². The lowest BCUT2D eigenvalue weighted by molar-refractivity contribution is -0.129. The molecule has 3 aromatic rings. The second-order valence-electron chi connectivity index (χ2n) is 8.77. The first-order valence-corrected chi connectivity index (χ1v) is 10.8. The van der Waals surface area contributed by atoms with Crippen molar-refractivity contribution < 1.29 is 9.59 Å². The molecule has 1 aliphatic heterocycles. The van der Waals surface area contributed by atoms with Crippen molar-refractivity contribution in [3.8, 4) is 11.3 Å². The predicted molar refractivity (Wildman–Crippen MR) is 121 cm³/mol. The number of amides is 2. The fourth-order valence-electron chi connectivity index (χ4n) is 4.30. The zero-order valence-corrected chi connectivity index (χ0v) is 18.7. The molecule has 1 N–H and O–H groups in total. The first-order valence-electron chi connectivity index (χ1n) is 10.8. The highest BCUT2D eigenvalue weighted by atomic mass is 16.2. The molecule has 1 fully saturated rings. The van der Waals surface area contributed by atoms with Crippen LogP contribution >= 0.6 is 0 Å². The van der Waals surface area contributed by atoms with E-state index in [0.717, 1.165) is 16.8 Å². The van der Waals surface area contributed by atoms with E-state index in [-0.39, 0.29) is 23.8 Å². The normalized spacial score (nSPS) is 16.9. The van der Waals surface area contributed by atoms with E-state index in [0.29, 0.717) is 29.7 Å². The van der Waals surface area contributed by atoms with Crippen LogP contribution in [-0.2, 0) is 4.79 Å². The van der Waals surface area contributed by atoms with Crippen LogP contribution in [0.4, 0.5) is 0 Å². The Labute approximate surface area is 182 Å². The average molecular weight is 420 g/mol. The number of carbonyl (C=O) groups excluding carboxylic acids is 2. The van der Waals surface area contributed by atoms with E-state index in [9.17, 15) is 9.59 Å². The third-order valence-corrected chi connectivity index (χ3v) is 5.86. The Balaban J connectivity index is 1.91. The van der Waals surface area contributed by atoms with Crippen LogP contribution in [0.5, 0.6) is 0 Å². The largest absolute Gasteiger partial charge is 0.353 e. The van der Waals surface area contributed by atoms with Gasteiger partial charge in [0.05, 0.1) is 22.8 Å². The van der Waals surface area contributed by atoms with Gasteiger partial charge in [-0.15, -0.1) is 0 Å². The highest BCUT2D eigenvalue weighted by Gasteiger charge is 2.36. The van der Waals surface area contributed by atoms with E-state index in [1.54, 1.807) is 11.1 Å². The molecule has 0 spiro atoms. The van der Waals surface area contributed by atoms with E-state index in [1.165, 1.54) is 0 Å². The lowest BCUT2D eigenvalue weighted by Crippen LogP contribution is -2.59. The zero-order valence-electron chi connectivity index (χ0n) is 18.7. The number of benzene rings is 1. The Hall–Kier alpha value is -3.22. The standard InChI is InChI=1S/C24H29N5O2/c1-14(2)21-23(30)25-10-11-28(21)24(31)18-12-20(17-9-7-6-8-16(17)5)27-22-19(18)13-26-29(22)15(3)4/h6-9,12-15,21H,10-11H2,1-5H3,(H,25,30). The number of aryl methyl sites for hydroxylation is 1. The number of pyridine rings is 1. The van der Waals surface area contributed by atoms with Crippen molar-refractivity contribution in [1.29, 1.82) is 0 Å². The maximum absolute atomic E-state index is 13.8. The van der Waals surface area contributed by atoms with Gasteiger partial charge in [0.1, 0.15) is 6.04 Å². The molecule has 0 aliphatic carbocycles. The van der Waals surface area contributed by atoms with Crippen LogP contribution in [0.2, 0.25) is 0 Å². The first kappa shape index (κ1) is 21.0. The molecule has 1 unspecified atom stereocenters. The molecule has 1 saturated heterocycles. The van der Waals surface area contributed by atoms with Gasteiger partial charge < -0.3 is 10.2 Å². The molecule has 2 aromatic heterocycles. The van der Waals surface area contributed by atoms with Gasteiger partial charge in [0.2, 0.25) is 5.91 Å². The van der Waals surface area contributed by atoms with Crippen LogP contribution in [0.1, 0.15) is 49.7 Å². The minimum absolute atomic E-state index is 0.0100. The molecule has 2 amide bonds. The Morgan fingerprint density at radius 3 is 2.61 bits per heavy atom. The van der Waals surface area contributed by atoms with Gasteiger partial charge in [-0.3, -0.25) is 9.59 Å². The minimum atomic E-state index is -0.494. The summed E-state index contributed by atoms with van der Waals surface area (Å²) < 4.78 is 1.84. The lowest BCUT2D eigenvalue weighted by atomic mass is 9.97. The molecular weight excluding hydrogens is 390 g/mol. The van der Waals surface area contributed by atoms with Crippen molar-refractivity contribution in [3.05, 3.63) is 47.7 Å². The molecule has 1 atom stereocenters. The molecule has 3 heterocycles. The summed E-state index contributed by atoms with van der Waals surface area (Å²) in [5.74, 6) is -0.244. The van der Waals surface area contributed by atoms with Crippen molar-refractivity contribution >= 4 is 22.8 Å². The number of aromatic nitrogens is 3. The molecule has 0 saturated carbocycles. The Kier molecular flexibility index (Phi) is 5.52. The molecule has 4 rings (SSSR count). The fourth-order valence-corrected chi connectivity index (χ4v) is 4.30. The van der Waals surface area contributed by atoms with Gasteiger partial charge in [0.15, 0.2) is 5.65 Å². The quantitative estimate of drug-likeness (QED) is 0.701. The molecule has 7 nitrogen and oxygen atoms in total. The van der Waals surface area contributed by atoms with Gasteiger partial charge in [-0.25, -0.2) is 9.67 Å². The number of carbonyl (C=O) groups is 2. The van der Waals surface area contributed by atoms with Crippen molar-refractivity contribution in [2.45, 2.75) is 46.7 Å². The van der Waals surface area contributed by atoms with Crippen LogP contribution in [0.25, 0.3) is 22.3 Å². The second kappa shape index (κ2) is 8.13.